The van der Waals surface area contributed by atoms with Gasteiger partial charge >= 0.3 is 5.97 Å². The number of hydrogen-bond acceptors (Lipinski definition) is 4. The molecule has 0 saturated heterocycles. The molecule has 1 N–H and O–H groups in total. The van der Waals surface area contributed by atoms with E-state index in [4.69, 9.17) is 4.74 Å². The first-order chi connectivity index (χ1) is 9.67. The number of carbonyl (C=O) groups excluding carboxylic acids is 1. The average Bonchev–Trinajstić information content (AvgIpc) is 2.90. The summed E-state index contributed by atoms with van der Waals surface area (Å²) in [5.74, 6) is 0.0752. The lowest BCUT2D eigenvalue weighted by atomic mass is 9.99. The van der Waals surface area contributed by atoms with Crippen molar-refractivity contribution in [3.05, 3.63) is 35.2 Å². The van der Waals surface area contributed by atoms with E-state index in [0.717, 1.165) is 6.42 Å². The average molecular weight is 291 g/mol. The molecular weight excluding hydrogens is 270 g/mol. The number of carbonyl (C=O) groups is 1. The Morgan fingerprint density at radius 1 is 1.40 bits per heavy atom. The summed E-state index contributed by atoms with van der Waals surface area (Å²) in [4.78, 5) is 11.9. The van der Waals surface area contributed by atoms with Gasteiger partial charge in [-0.15, -0.1) is 11.3 Å². The SMILES string of the molecule is CCC(C)C(NCc1csc2ccccc12)C(=O)OC. The molecular formula is C16H21NO2S. The number of thiophene rings is 1. The fourth-order valence-corrected chi connectivity index (χ4v) is 3.23. The van der Waals surface area contributed by atoms with Crippen molar-refractivity contribution in [1.82, 2.24) is 5.32 Å². The first-order valence-corrected chi connectivity index (χ1v) is 7.81. The minimum absolute atomic E-state index is 0.182. The van der Waals surface area contributed by atoms with Crippen LogP contribution >= 0.6 is 11.3 Å². The highest BCUT2D eigenvalue weighted by Crippen LogP contribution is 2.25. The maximum Gasteiger partial charge on any atom is 0.323 e. The van der Waals surface area contributed by atoms with E-state index in [-0.39, 0.29) is 17.9 Å². The van der Waals surface area contributed by atoms with E-state index in [0.29, 0.717) is 6.54 Å². The summed E-state index contributed by atoms with van der Waals surface area (Å²) in [5, 5.41) is 6.76. The van der Waals surface area contributed by atoms with E-state index >= 15 is 0 Å². The second-order valence-corrected chi connectivity index (χ2v) is 5.94. The van der Waals surface area contributed by atoms with Crippen LogP contribution in [0.2, 0.25) is 0 Å². The molecule has 2 aromatic rings. The predicted molar refractivity (Wildman–Crippen MR) is 83.9 cm³/mol. The molecule has 2 unspecified atom stereocenters. The maximum atomic E-state index is 11.9. The lowest BCUT2D eigenvalue weighted by Gasteiger charge is -2.21. The third-order valence-electron chi connectivity index (χ3n) is 3.74. The van der Waals surface area contributed by atoms with Crippen molar-refractivity contribution in [2.75, 3.05) is 7.11 Å². The molecule has 2 atom stereocenters. The summed E-state index contributed by atoms with van der Waals surface area (Å²) in [6.07, 6.45) is 0.942. The van der Waals surface area contributed by atoms with Gasteiger partial charge < -0.3 is 10.1 Å². The number of esters is 1. The van der Waals surface area contributed by atoms with Crippen molar-refractivity contribution in [1.29, 1.82) is 0 Å². The zero-order valence-corrected chi connectivity index (χ0v) is 13.0. The number of hydrogen-bond donors (Lipinski definition) is 1. The van der Waals surface area contributed by atoms with Crippen molar-refractivity contribution in [3.63, 3.8) is 0 Å². The molecule has 4 heteroatoms. The van der Waals surface area contributed by atoms with Gasteiger partial charge in [0.25, 0.3) is 0 Å². The Morgan fingerprint density at radius 3 is 2.85 bits per heavy atom. The Balaban J connectivity index is 2.11. The topological polar surface area (TPSA) is 38.3 Å². The Hall–Kier alpha value is -1.39. The van der Waals surface area contributed by atoms with E-state index < -0.39 is 0 Å². The number of benzene rings is 1. The van der Waals surface area contributed by atoms with E-state index in [9.17, 15) is 4.79 Å². The highest BCUT2D eigenvalue weighted by Gasteiger charge is 2.24. The van der Waals surface area contributed by atoms with E-state index in [2.05, 4.69) is 36.7 Å². The van der Waals surface area contributed by atoms with Gasteiger partial charge in [-0.05, 0) is 28.3 Å². The van der Waals surface area contributed by atoms with Gasteiger partial charge in [-0.3, -0.25) is 4.79 Å². The number of ether oxygens (including phenoxy) is 1. The van der Waals surface area contributed by atoms with Crippen molar-refractivity contribution in [2.24, 2.45) is 5.92 Å². The molecule has 1 heterocycles. The van der Waals surface area contributed by atoms with Crippen molar-refractivity contribution < 1.29 is 9.53 Å². The molecule has 0 saturated carbocycles. The molecule has 0 fully saturated rings. The summed E-state index contributed by atoms with van der Waals surface area (Å²) in [7, 11) is 1.44. The summed E-state index contributed by atoms with van der Waals surface area (Å²) in [6, 6.07) is 8.09. The molecule has 0 aliphatic carbocycles. The maximum absolute atomic E-state index is 11.9. The van der Waals surface area contributed by atoms with Crippen LogP contribution in [0.25, 0.3) is 10.1 Å². The molecule has 2 rings (SSSR count). The van der Waals surface area contributed by atoms with Crippen LogP contribution in [0.15, 0.2) is 29.6 Å². The van der Waals surface area contributed by atoms with Gasteiger partial charge in [0.1, 0.15) is 6.04 Å². The second kappa shape index (κ2) is 6.86. The third kappa shape index (κ3) is 3.19. The van der Waals surface area contributed by atoms with Crippen LogP contribution in [0.3, 0.4) is 0 Å². The summed E-state index contributed by atoms with van der Waals surface area (Å²) >= 11 is 1.74. The number of fused-ring (bicyclic) bond motifs is 1. The Labute approximate surface area is 123 Å². The molecule has 0 radical (unpaired) electrons. The molecule has 3 nitrogen and oxygen atoms in total. The molecule has 20 heavy (non-hydrogen) atoms. The van der Waals surface area contributed by atoms with E-state index in [1.165, 1.54) is 22.8 Å². The van der Waals surface area contributed by atoms with Crippen LogP contribution in [0.5, 0.6) is 0 Å². The Kier molecular flexibility index (Phi) is 5.15. The molecule has 108 valence electrons. The van der Waals surface area contributed by atoms with Crippen molar-refractivity contribution in [2.45, 2.75) is 32.9 Å². The monoisotopic (exact) mass is 291 g/mol. The van der Waals surface area contributed by atoms with E-state index in [1.807, 2.05) is 12.1 Å². The molecule has 1 aromatic carbocycles. The highest BCUT2D eigenvalue weighted by molar-refractivity contribution is 7.17. The van der Waals surface area contributed by atoms with E-state index in [1.54, 1.807) is 11.3 Å². The lowest BCUT2D eigenvalue weighted by molar-refractivity contribution is -0.144. The second-order valence-electron chi connectivity index (χ2n) is 5.02. The minimum Gasteiger partial charge on any atom is -0.468 e. The molecule has 0 aliphatic rings. The van der Waals surface area contributed by atoms with Gasteiger partial charge in [-0.1, -0.05) is 38.5 Å². The van der Waals surface area contributed by atoms with Gasteiger partial charge in [0, 0.05) is 11.2 Å². The predicted octanol–water partition coefficient (Wildman–Crippen LogP) is 3.58. The number of rotatable bonds is 6. The summed E-state index contributed by atoms with van der Waals surface area (Å²) < 4.78 is 6.17. The Morgan fingerprint density at radius 2 is 2.15 bits per heavy atom. The first kappa shape index (κ1) is 15.0. The van der Waals surface area contributed by atoms with Gasteiger partial charge in [-0.2, -0.15) is 0 Å². The molecule has 0 spiro atoms. The molecule has 0 amide bonds. The number of methoxy groups -OCH3 is 1. The van der Waals surface area contributed by atoms with Crippen LogP contribution in [0.4, 0.5) is 0 Å². The summed E-state index contributed by atoms with van der Waals surface area (Å²) in [5.41, 5.74) is 1.24. The van der Waals surface area contributed by atoms with Crippen LogP contribution in [0.1, 0.15) is 25.8 Å². The fraction of sp³-hybridized carbons (Fsp3) is 0.438. The largest absolute Gasteiger partial charge is 0.468 e. The van der Waals surface area contributed by atoms with Crippen LogP contribution < -0.4 is 5.32 Å². The van der Waals surface area contributed by atoms with Gasteiger partial charge in [0.15, 0.2) is 0 Å². The fourth-order valence-electron chi connectivity index (χ4n) is 2.27. The highest BCUT2D eigenvalue weighted by atomic mass is 32.1. The van der Waals surface area contributed by atoms with Gasteiger partial charge in [0.2, 0.25) is 0 Å². The van der Waals surface area contributed by atoms with Crippen molar-refractivity contribution >= 4 is 27.4 Å². The smallest absolute Gasteiger partial charge is 0.323 e. The Bertz CT molecular complexity index is 579. The quantitative estimate of drug-likeness (QED) is 0.827. The summed E-state index contributed by atoms with van der Waals surface area (Å²) in [6.45, 7) is 4.84. The van der Waals surface area contributed by atoms with Crippen LogP contribution in [-0.2, 0) is 16.1 Å². The molecule has 0 aliphatic heterocycles. The van der Waals surface area contributed by atoms with Crippen LogP contribution in [0, 0.1) is 5.92 Å². The normalized spacial score (nSPS) is 14.2. The standard InChI is InChI=1S/C16H21NO2S/c1-4-11(2)15(16(18)19-3)17-9-12-10-20-14-8-6-5-7-13(12)14/h5-8,10-11,15,17H,4,9H2,1-3H3. The van der Waals surface area contributed by atoms with Gasteiger partial charge in [0.05, 0.1) is 7.11 Å². The molecule has 1 aromatic heterocycles. The lowest BCUT2D eigenvalue weighted by Crippen LogP contribution is -2.42. The van der Waals surface area contributed by atoms with Crippen molar-refractivity contribution in [3.8, 4) is 0 Å². The zero-order chi connectivity index (χ0) is 14.5. The van der Waals surface area contributed by atoms with Gasteiger partial charge in [-0.25, -0.2) is 0 Å². The number of nitrogens with one attached hydrogen (secondary N) is 1. The molecule has 0 bridgehead atoms. The minimum atomic E-state index is -0.247. The zero-order valence-electron chi connectivity index (χ0n) is 12.2. The third-order valence-corrected chi connectivity index (χ3v) is 4.75. The first-order valence-electron chi connectivity index (χ1n) is 6.93. The van der Waals surface area contributed by atoms with Crippen LogP contribution in [-0.4, -0.2) is 19.1 Å².